The Bertz CT molecular complexity index is 1070. The maximum atomic E-state index is 13.0. The number of hydrogen-bond acceptors (Lipinski definition) is 10. The Morgan fingerprint density at radius 3 is 2.21 bits per heavy atom. The fourth-order valence-corrected chi connectivity index (χ4v) is 3.67. The van der Waals surface area contributed by atoms with E-state index >= 15 is 0 Å². The maximum absolute atomic E-state index is 13.0. The lowest BCUT2D eigenvalue weighted by molar-refractivity contribution is -0.236. The zero-order valence-electron chi connectivity index (χ0n) is 22.5. The largest absolute Gasteiger partial charge is 0.462 e. The van der Waals surface area contributed by atoms with Crippen LogP contribution < -0.4 is 0 Å². The van der Waals surface area contributed by atoms with Gasteiger partial charge >= 0.3 is 23.9 Å². The number of thioether (sulfide) groups is 1. The summed E-state index contributed by atoms with van der Waals surface area (Å²) in [5.41, 5.74) is 1.44. The Balaban J connectivity index is 2.28. The number of aromatic nitrogens is 1. The number of aryl methyl sites for hydroxylation is 1. The summed E-state index contributed by atoms with van der Waals surface area (Å²) in [7, 11) is 0. The molecular formula is C27H37NO9S. The van der Waals surface area contributed by atoms with Crippen molar-refractivity contribution >= 4 is 46.5 Å². The third-order valence-electron chi connectivity index (χ3n) is 5.64. The van der Waals surface area contributed by atoms with E-state index in [0.717, 1.165) is 16.5 Å². The SMILES string of the molecule is CCC(=O)OC[C@@H](OC(=O)CC)[C@H](OC(=O)CC)[C@H](OC(=O)CCc1c[nH]c2ccccc12)O[C@@H](C)SC. The summed E-state index contributed by atoms with van der Waals surface area (Å²) in [6, 6.07) is 7.74. The molecule has 0 spiro atoms. The van der Waals surface area contributed by atoms with Crippen LogP contribution in [0.4, 0.5) is 0 Å². The first kappa shape index (κ1) is 31.2. The molecule has 1 aromatic carbocycles. The van der Waals surface area contributed by atoms with Crippen LogP contribution in [0.15, 0.2) is 30.5 Å². The lowest BCUT2D eigenvalue weighted by atomic mass is 10.1. The van der Waals surface area contributed by atoms with Crippen LogP contribution in [0.5, 0.6) is 0 Å². The molecule has 38 heavy (non-hydrogen) atoms. The minimum Gasteiger partial charge on any atom is -0.462 e. The molecule has 0 radical (unpaired) electrons. The molecule has 210 valence electrons. The van der Waals surface area contributed by atoms with Gasteiger partial charge in [0.1, 0.15) is 12.0 Å². The molecule has 1 aromatic heterocycles. The zero-order chi connectivity index (χ0) is 28.1. The second kappa shape index (κ2) is 16.0. The van der Waals surface area contributed by atoms with Crippen LogP contribution in [0.2, 0.25) is 0 Å². The lowest BCUT2D eigenvalue weighted by Gasteiger charge is -2.33. The summed E-state index contributed by atoms with van der Waals surface area (Å²) in [5, 5.41) is 1.00. The molecule has 2 aromatic rings. The van der Waals surface area contributed by atoms with E-state index in [-0.39, 0.29) is 25.7 Å². The highest BCUT2D eigenvalue weighted by atomic mass is 32.2. The van der Waals surface area contributed by atoms with Crippen molar-refractivity contribution in [2.24, 2.45) is 0 Å². The van der Waals surface area contributed by atoms with Gasteiger partial charge in [0.2, 0.25) is 12.4 Å². The van der Waals surface area contributed by atoms with Gasteiger partial charge in [-0.3, -0.25) is 19.2 Å². The van der Waals surface area contributed by atoms with Gasteiger partial charge in [0.15, 0.2) is 6.10 Å². The fraction of sp³-hybridized carbons (Fsp3) is 0.556. The Hall–Kier alpha value is -3.05. The molecule has 0 aliphatic rings. The number of esters is 4. The first-order valence-electron chi connectivity index (χ1n) is 12.7. The van der Waals surface area contributed by atoms with Crippen LogP contribution in [-0.4, -0.2) is 65.7 Å². The molecule has 0 aliphatic carbocycles. The molecule has 0 aliphatic heterocycles. The number of hydrogen-bond donors (Lipinski definition) is 1. The number of fused-ring (bicyclic) bond motifs is 1. The quantitative estimate of drug-likeness (QED) is 0.183. The molecule has 0 unspecified atom stereocenters. The highest BCUT2D eigenvalue weighted by Crippen LogP contribution is 2.23. The number of rotatable bonds is 16. The van der Waals surface area contributed by atoms with E-state index in [1.807, 2.05) is 30.5 Å². The van der Waals surface area contributed by atoms with Crippen LogP contribution >= 0.6 is 11.8 Å². The van der Waals surface area contributed by atoms with E-state index in [1.54, 1.807) is 34.0 Å². The van der Waals surface area contributed by atoms with Gasteiger partial charge in [0.25, 0.3) is 0 Å². The number of benzene rings is 1. The van der Waals surface area contributed by atoms with E-state index in [9.17, 15) is 19.2 Å². The van der Waals surface area contributed by atoms with Gasteiger partial charge in [0, 0.05) is 42.8 Å². The second-order valence-electron chi connectivity index (χ2n) is 8.38. The highest BCUT2D eigenvalue weighted by molar-refractivity contribution is 7.99. The predicted molar refractivity (Wildman–Crippen MR) is 142 cm³/mol. The summed E-state index contributed by atoms with van der Waals surface area (Å²) in [6.45, 7) is 6.14. The predicted octanol–water partition coefficient (Wildman–Crippen LogP) is 4.29. The molecule has 2 rings (SSSR count). The molecule has 11 heteroatoms. The molecule has 4 atom stereocenters. The summed E-state index contributed by atoms with van der Waals surface area (Å²) >= 11 is 1.34. The van der Waals surface area contributed by atoms with E-state index in [2.05, 4.69) is 4.98 Å². The van der Waals surface area contributed by atoms with Crippen molar-refractivity contribution in [3.05, 3.63) is 36.0 Å². The Kier molecular flexibility index (Phi) is 13.1. The minimum atomic E-state index is -1.42. The minimum absolute atomic E-state index is 0.0129. The van der Waals surface area contributed by atoms with Crippen molar-refractivity contribution in [2.45, 2.75) is 83.7 Å². The average Bonchev–Trinajstić information content (AvgIpc) is 3.34. The number of carbonyl (C=O) groups is 4. The first-order valence-corrected chi connectivity index (χ1v) is 14.0. The van der Waals surface area contributed by atoms with Crippen LogP contribution in [0, 0.1) is 0 Å². The molecule has 0 bridgehead atoms. The second-order valence-corrected chi connectivity index (χ2v) is 9.52. The normalized spacial score (nSPS) is 14.2. The number of carbonyl (C=O) groups excluding carboxylic acids is 4. The van der Waals surface area contributed by atoms with Crippen molar-refractivity contribution in [1.82, 2.24) is 4.98 Å². The first-order chi connectivity index (χ1) is 18.2. The summed E-state index contributed by atoms with van der Waals surface area (Å²) in [4.78, 5) is 52.5. The Labute approximate surface area is 227 Å². The summed E-state index contributed by atoms with van der Waals surface area (Å²) in [5.74, 6) is -2.37. The van der Waals surface area contributed by atoms with Crippen molar-refractivity contribution in [3.8, 4) is 0 Å². The average molecular weight is 552 g/mol. The van der Waals surface area contributed by atoms with Gasteiger partial charge in [-0.05, 0) is 31.2 Å². The van der Waals surface area contributed by atoms with Gasteiger partial charge in [0.05, 0.1) is 0 Å². The van der Waals surface area contributed by atoms with Crippen LogP contribution in [-0.2, 0) is 49.3 Å². The van der Waals surface area contributed by atoms with Crippen molar-refractivity contribution < 1.29 is 42.9 Å². The van der Waals surface area contributed by atoms with E-state index in [1.165, 1.54) is 11.8 Å². The van der Waals surface area contributed by atoms with Crippen LogP contribution in [0.1, 0.15) is 58.9 Å². The standard InChI is InChI=1S/C27H37NO9S/c1-6-22(29)33-16-21(35-23(30)7-2)26(36-24(31)8-3)27(34-17(4)38-5)37-25(32)14-13-18-15-28-20-12-10-9-11-19(18)20/h9-12,15,17,21,26-28H,6-8,13-14,16H2,1-5H3/t17-,21-,26+,27+/m1/s1. The molecule has 0 amide bonds. The molecule has 0 saturated carbocycles. The maximum Gasteiger partial charge on any atom is 0.308 e. The van der Waals surface area contributed by atoms with Crippen molar-refractivity contribution in [1.29, 1.82) is 0 Å². The molecule has 0 saturated heterocycles. The number of para-hydroxylation sites is 1. The van der Waals surface area contributed by atoms with E-state index < -0.39 is 54.4 Å². The van der Waals surface area contributed by atoms with E-state index in [0.29, 0.717) is 6.42 Å². The zero-order valence-corrected chi connectivity index (χ0v) is 23.3. The van der Waals surface area contributed by atoms with Crippen LogP contribution in [0.25, 0.3) is 10.9 Å². The van der Waals surface area contributed by atoms with Gasteiger partial charge < -0.3 is 28.7 Å². The molecule has 1 N–H and O–H groups in total. The smallest absolute Gasteiger partial charge is 0.308 e. The molecular weight excluding hydrogens is 514 g/mol. The highest BCUT2D eigenvalue weighted by Gasteiger charge is 2.40. The summed E-state index contributed by atoms with van der Waals surface area (Å²) in [6.07, 6.45) is 0.162. The molecule has 1 heterocycles. The third-order valence-corrected chi connectivity index (χ3v) is 6.41. The summed E-state index contributed by atoms with van der Waals surface area (Å²) < 4.78 is 27.8. The number of nitrogens with one attached hydrogen (secondary N) is 1. The Morgan fingerprint density at radius 1 is 0.895 bits per heavy atom. The topological polar surface area (TPSA) is 130 Å². The Morgan fingerprint density at radius 2 is 1.55 bits per heavy atom. The number of ether oxygens (including phenoxy) is 5. The van der Waals surface area contributed by atoms with Crippen molar-refractivity contribution in [3.63, 3.8) is 0 Å². The third kappa shape index (κ3) is 9.68. The van der Waals surface area contributed by atoms with Gasteiger partial charge in [-0.25, -0.2) is 0 Å². The van der Waals surface area contributed by atoms with Crippen LogP contribution in [0.3, 0.4) is 0 Å². The monoisotopic (exact) mass is 551 g/mol. The molecule has 0 fully saturated rings. The van der Waals surface area contributed by atoms with Crippen molar-refractivity contribution in [2.75, 3.05) is 12.9 Å². The fourth-order valence-electron chi connectivity index (χ4n) is 3.45. The molecule has 10 nitrogen and oxygen atoms in total. The number of H-pyrrole nitrogens is 1. The number of aromatic amines is 1. The van der Waals surface area contributed by atoms with Gasteiger partial charge in [-0.1, -0.05) is 39.0 Å². The van der Waals surface area contributed by atoms with Gasteiger partial charge in [-0.15, -0.1) is 11.8 Å². The van der Waals surface area contributed by atoms with E-state index in [4.69, 9.17) is 23.7 Å². The lowest BCUT2D eigenvalue weighted by Crippen LogP contribution is -2.49. The van der Waals surface area contributed by atoms with Gasteiger partial charge in [-0.2, -0.15) is 0 Å².